The van der Waals surface area contributed by atoms with Crippen LogP contribution in [0.1, 0.15) is 48.5 Å². The van der Waals surface area contributed by atoms with Crippen LogP contribution in [-0.4, -0.2) is 85.7 Å². The number of rotatable bonds is 12. The molecule has 0 saturated heterocycles. The van der Waals surface area contributed by atoms with E-state index in [0.717, 1.165) is 12.8 Å². The molecule has 14 nitrogen and oxygen atoms in total. The van der Waals surface area contributed by atoms with E-state index in [0.29, 0.717) is 11.3 Å². The van der Waals surface area contributed by atoms with Gasteiger partial charge in [-0.15, -0.1) is 10.2 Å². The molecular weight excluding hydrogens is 529 g/mol. The van der Waals surface area contributed by atoms with E-state index in [-0.39, 0.29) is 58.8 Å². The van der Waals surface area contributed by atoms with Gasteiger partial charge in [-0.05, 0) is 25.0 Å². The minimum atomic E-state index is -2.04. The smallest absolute Gasteiger partial charge is 0.272 e. The highest BCUT2D eigenvalue weighted by atomic mass is 16.5. The Labute approximate surface area is 239 Å². The van der Waals surface area contributed by atoms with E-state index in [2.05, 4.69) is 41.6 Å². The van der Waals surface area contributed by atoms with E-state index in [1.54, 1.807) is 25.1 Å². The molecule has 41 heavy (non-hydrogen) atoms. The zero-order valence-corrected chi connectivity index (χ0v) is 22.3. The van der Waals surface area contributed by atoms with Gasteiger partial charge in [-0.3, -0.25) is 14.4 Å². The zero-order valence-electron chi connectivity index (χ0n) is 22.3. The first kappa shape index (κ1) is 29.6. The van der Waals surface area contributed by atoms with Crippen LogP contribution in [0.5, 0.6) is 5.75 Å². The van der Waals surface area contributed by atoms with E-state index in [1.165, 1.54) is 13.2 Å². The molecule has 17 heteroatoms. The largest absolute Gasteiger partial charge is 0.494 e. The summed E-state index contributed by atoms with van der Waals surface area (Å²) in [7, 11) is 18.0. The molecule has 3 aromatic rings. The summed E-state index contributed by atoms with van der Waals surface area (Å²) in [4.78, 5) is 41.3. The number of carbonyl (C=O) groups excluding carboxylic acids is 3. The van der Waals surface area contributed by atoms with Crippen molar-refractivity contribution in [2.24, 2.45) is 5.92 Å². The van der Waals surface area contributed by atoms with Crippen molar-refractivity contribution in [2.45, 2.75) is 37.5 Å². The zero-order chi connectivity index (χ0) is 29.7. The lowest BCUT2D eigenvalue weighted by atomic mass is 9.49. The number of amides is 3. The van der Waals surface area contributed by atoms with Gasteiger partial charge in [0.15, 0.2) is 23.1 Å². The van der Waals surface area contributed by atoms with Crippen LogP contribution >= 0.6 is 0 Å². The van der Waals surface area contributed by atoms with Crippen LogP contribution in [0, 0.1) is 5.92 Å². The molecule has 0 unspecified atom stereocenters. The lowest BCUT2D eigenvalue weighted by molar-refractivity contribution is -0.122. The van der Waals surface area contributed by atoms with Crippen molar-refractivity contribution in [2.75, 3.05) is 24.4 Å². The lowest BCUT2D eigenvalue weighted by Crippen LogP contribution is -2.50. The van der Waals surface area contributed by atoms with Crippen molar-refractivity contribution in [3.8, 4) is 17.2 Å². The minimum Gasteiger partial charge on any atom is -0.494 e. The summed E-state index contributed by atoms with van der Waals surface area (Å²) in [5.41, 5.74) is 0.570. The molecule has 1 fully saturated rings. The number of hydrogen-bond acceptors (Lipinski definition) is 11. The number of hydrogen-bond donors (Lipinski definition) is 5. The Hall–Kier alpha value is -4.40. The van der Waals surface area contributed by atoms with Crippen molar-refractivity contribution < 1.29 is 28.8 Å². The highest BCUT2D eigenvalue weighted by Gasteiger charge is 2.30. The number of nitrogens with one attached hydrogen (secondary N) is 4. The maximum atomic E-state index is 12.9. The van der Waals surface area contributed by atoms with Crippen LogP contribution in [0.3, 0.4) is 0 Å². The van der Waals surface area contributed by atoms with Crippen LogP contribution in [0.2, 0.25) is 0 Å². The predicted octanol–water partition coefficient (Wildman–Crippen LogP) is 0.0335. The summed E-state index contributed by atoms with van der Waals surface area (Å²) < 4.78 is 11.0. The molecule has 206 valence electrons. The summed E-state index contributed by atoms with van der Waals surface area (Å²) >= 11 is 0. The van der Waals surface area contributed by atoms with Gasteiger partial charge in [0.2, 0.25) is 11.8 Å². The van der Waals surface area contributed by atoms with Gasteiger partial charge in [-0.1, -0.05) is 23.4 Å². The third-order valence-corrected chi connectivity index (χ3v) is 5.85. The van der Waals surface area contributed by atoms with Crippen LogP contribution in [-0.2, 0) is 9.59 Å². The highest BCUT2D eigenvalue weighted by molar-refractivity contribution is 6.60. The molecule has 1 aliphatic carbocycles. The van der Waals surface area contributed by atoms with Crippen LogP contribution in [0.4, 0.5) is 17.2 Å². The number of carbonyl (C=O) groups is 3. The third-order valence-electron chi connectivity index (χ3n) is 5.85. The standard InChI is InChI=1S/C24H25B3N8O6/c1-3-17(37)29-15(10-36)20-31-23(41-35-20)12-5-4-6-13(19(12)40-2)28-14-9-16(30-21(38)11-7-8-11)33-34-18(14)22(39)32-24(25,26)27/h4-6,9,11,15,36H,3,7-8,10H2,1-2H3,(H,29,37)(H,32,39)(H2,28,30,33,38)/t15-/m0/s1. The van der Waals surface area contributed by atoms with E-state index < -0.39 is 23.8 Å². The summed E-state index contributed by atoms with van der Waals surface area (Å²) in [6.07, 6.45) is 1.77. The molecule has 2 aromatic heterocycles. The molecule has 3 amide bonds. The van der Waals surface area contributed by atoms with E-state index >= 15 is 0 Å². The molecule has 4 rings (SSSR count). The minimum absolute atomic E-state index is 0.0343. The first-order valence-electron chi connectivity index (χ1n) is 12.6. The first-order chi connectivity index (χ1) is 19.5. The number of para-hydroxylation sites is 1. The van der Waals surface area contributed by atoms with Crippen molar-refractivity contribution >= 4 is 58.5 Å². The molecule has 1 aromatic carbocycles. The van der Waals surface area contributed by atoms with Gasteiger partial charge >= 0.3 is 0 Å². The fraction of sp³-hybridized carbons (Fsp3) is 0.375. The van der Waals surface area contributed by atoms with Gasteiger partial charge in [0, 0.05) is 18.4 Å². The van der Waals surface area contributed by atoms with Gasteiger partial charge < -0.3 is 35.6 Å². The van der Waals surface area contributed by atoms with Gasteiger partial charge in [-0.25, -0.2) is 0 Å². The average molecular weight is 554 g/mol. The summed E-state index contributed by atoms with van der Waals surface area (Å²) in [6, 6.07) is 5.47. The summed E-state index contributed by atoms with van der Waals surface area (Å²) in [5, 5.41) is 30.0. The van der Waals surface area contributed by atoms with E-state index in [4.69, 9.17) is 32.8 Å². The maximum Gasteiger partial charge on any atom is 0.272 e. The van der Waals surface area contributed by atoms with Crippen molar-refractivity contribution in [1.82, 2.24) is 31.0 Å². The maximum absolute atomic E-state index is 12.9. The van der Waals surface area contributed by atoms with Gasteiger partial charge in [-0.2, -0.15) is 4.98 Å². The quantitative estimate of drug-likeness (QED) is 0.190. The lowest BCUT2D eigenvalue weighted by Gasteiger charge is -2.23. The average Bonchev–Trinajstić information content (AvgIpc) is 3.67. The second kappa shape index (κ2) is 12.4. The molecule has 1 aliphatic rings. The first-order valence-corrected chi connectivity index (χ1v) is 12.6. The molecular formula is C24H25B3N8O6. The summed E-state index contributed by atoms with van der Waals surface area (Å²) in [6.45, 7) is 1.23. The Kier molecular flexibility index (Phi) is 8.96. The number of benzene rings is 1. The molecule has 0 bridgehead atoms. The number of anilines is 3. The van der Waals surface area contributed by atoms with Crippen LogP contribution in [0.15, 0.2) is 28.8 Å². The third kappa shape index (κ3) is 7.42. The fourth-order valence-electron chi connectivity index (χ4n) is 3.69. The Morgan fingerprint density at radius 1 is 1.20 bits per heavy atom. The Morgan fingerprint density at radius 3 is 2.59 bits per heavy atom. The Morgan fingerprint density at radius 2 is 1.95 bits per heavy atom. The second-order valence-electron chi connectivity index (χ2n) is 9.27. The van der Waals surface area contributed by atoms with Crippen LogP contribution in [0.25, 0.3) is 11.5 Å². The second-order valence-corrected chi connectivity index (χ2v) is 9.27. The van der Waals surface area contributed by atoms with Crippen LogP contribution < -0.4 is 26.0 Å². The highest BCUT2D eigenvalue weighted by Crippen LogP contribution is 2.38. The Bertz CT molecular complexity index is 1440. The number of nitrogens with zero attached hydrogens (tertiary/aromatic N) is 4. The molecule has 5 N–H and O–H groups in total. The van der Waals surface area contributed by atoms with Gasteiger partial charge in [0.1, 0.15) is 6.04 Å². The number of ether oxygens (including phenoxy) is 1. The summed E-state index contributed by atoms with van der Waals surface area (Å²) in [5.74, 6) is -1.02. The molecule has 6 radical (unpaired) electrons. The number of aliphatic hydroxyl groups excluding tert-OH is 1. The molecule has 2 heterocycles. The molecule has 0 aliphatic heterocycles. The monoisotopic (exact) mass is 554 g/mol. The normalized spacial score (nSPS) is 13.6. The number of aromatic nitrogens is 4. The SMILES string of the molecule is [B]C([B])([B])NC(=O)c1nnc(NC(=O)C2CC2)cc1Nc1cccc(-c2nc([C@H](CO)NC(=O)CC)no2)c1OC. The van der Waals surface area contributed by atoms with Gasteiger partial charge in [0.05, 0.1) is 54.2 Å². The van der Waals surface area contributed by atoms with Gasteiger partial charge in [0.25, 0.3) is 11.8 Å². The molecule has 1 atom stereocenters. The number of methoxy groups -OCH3 is 1. The van der Waals surface area contributed by atoms with Crippen molar-refractivity contribution in [3.63, 3.8) is 0 Å². The topological polar surface area (TPSA) is 193 Å². The fourth-order valence-corrected chi connectivity index (χ4v) is 3.69. The Balaban J connectivity index is 1.68. The van der Waals surface area contributed by atoms with Crippen molar-refractivity contribution in [3.05, 3.63) is 35.8 Å². The van der Waals surface area contributed by atoms with Crippen molar-refractivity contribution in [1.29, 1.82) is 0 Å². The predicted molar refractivity (Wildman–Crippen MR) is 149 cm³/mol. The van der Waals surface area contributed by atoms with E-state index in [9.17, 15) is 19.5 Å². The number of aliphatic hydroxyl groups is 1. The molecule has 0 spiro atoms. The van der Waals surface area contributed by atoms with E-state index in [1.807, 2.05) is 0 Å². The molecule has 1 saturated carbocycles.